The summed E-state index contributed by atoms with van der Waals surface area (Å²) < 4.78 is 0. The van der Waals surface area contributed by atoms with Gasteiger partial charge in [0, 0.05) is 0 Å². The van der Waals surface area contributed by atoms with E-state index in [0.717, 1.165) is 0 Å². The van der Waals surface area contributed by atoms with E-state index in [1.54, 1.807) is 0 Å². The van der Waals surface area contributed by atoms with E-state index in [0.29, 0.717) is 11.8 Å². The van der Waals surface area contributed by atoms with Crippen molar-refractivity contribution in [2.24, 2.45) is 0 Å². The van der Waals surface area contributed by atoms with Crippen LogP contribution in [0.2, 0.25) is 0 Å². The fourth-order valence-electron chi connectivity index (χ4n) is 2.13. The van der Waals surface area contributed by atoms with Gasteiger partial charge in [0.25, 0.3) is 0 Å². The third-order valence-corrected chi connectivity index (χ3v) is 3.01. The lowest BCUT2D eigenvalue weighted by Gasteiger charge is -2.18. The average molecular weight is 214 g/mol. The fraction of sp³-hybridized carbons (Fsp3) is 0.375. The molecule has 0 aliphatic heterocycles. The van der Waals surface area contributed by atoms with Gasteiger partial charge in [0.15, 0.2) is 0 Å². The highest BCUT2D eigenvalue weighted by Crippen LogP contribution is 2.30. The second-order valence-corrected chi connectivity index (χ2v) is 4.79. The zero-order valence-corrected chi connectivity index (χ0v) is 10.9. The molecule has 0 spiro atoms. The Bertz CT molecular complexity index is 356. The second kappa shape index (κ2) is 5.16. The van der Waals surface area contributed by atoms with Crippen molar-refractivity contribution in [3.8, 4) is 0 Å². The monoisotopic (exact) mass is 214 g/mol. The van der Waals surface area contributed by atoms with Crippen LogP contribution < -0.4 is 0 Å². The van der Waals surface area contributed by atoms with E-state index in [-0.39, 0.29) is 0 Å². The molecule has 16 heavy (non-hydrogen) atoms. The number of hydrogen-bond donors (Lipinski definition) is 0. The maximum atomic E-state index is 3.94. The second-order valence-electron chi connectivity index (χ2n) is 4.79. The molecule has 1 rings (SSSR count). The number of hydrogen-bond acceptors (Lipinski definition) is 0. The lowest BCUT2D eigenvalue weighted by Crippen LogP contribution is -2.00. The Balaban J connectivity index is 3.52. The van der Waals surface area contributed by atoms with Gasteiger partial charge in [0.1, 0.15) is 0 Å². The van der Waals surface area contributed by atoms with Crippen molar-refractivity contribution in [3.05, 3.63) is 47.5 Å². The van der Waals surface area contributed by atoms with E-state index in [9.17, 15) is 0 Å². The molecule has 0 aliphatic rings. The molecule has 0 heterocycles. The van der Waals surface area contributed by atoms with Gasteiger partial charge >= 0.3 is 0 Å². The Hall–Kier alpha value is -1.30. The quantitative estimate of drug-likeness (QED) is 0.644. The Morgan fingerprint density at radius 2 is 1.12 bits per heavy atom. The molecule has 0 saturated heterocycles. The van der Waals surface area contributed by atoms with Crippen molar-refractivity contribution in [2.75, 3.05) is 0 Å². The third kappa shape index (κ3) is 2.27. The summed E-state index contributed by atoms with van der Waals surface area (Å²) in [6.45, 7) is 16.7. The van der Waals surface area contributed by atoms with Crippen molar-refractivity contribution >= 4 is 12.2 Å². The molecule has 1 aromatic rings. The van der Waals surface area contributed by atoms with Crippen LogP contribution in [0.15, 0.2) is 25.3 Å². The van der Waals surface area contributed by atoms with Crippen molar-refractivity contribution < 1.29 is 0 Å². The van der Waals surface area contributed by atoms with Crippen LogP contribution >= 0.6 is 0 Å². The summed E-state index contributed by atoms with van der Waals surface area (Å²) in [6, 6.07) is 4.45. The van der Waals surface area contributed by atoms with Gasteiger partial charge in [-0.2, -0.15) is 0 Å². The SMILES string of the molecule is C=Cc1c(C(C)C)ccc(C(C)C)c1C=C. The molecule has 1 aromatic carbocycles. The van der Waals surface area contributed by atoms with E-state index >= 15 is 0 Å². The lowest BCUT2D eigenvalue weighted by molar-refractivity contribution is 0.840. The maximum Gasteiger partial charge on any atom is -0.0153 e. The van der Waals surface area contributed by atoms with Crippen molar-refractivity contribution in [3.63, 3.8) is 0 Å². The number of benzene rings is 1. The fourth-order valence-corrected chi connectivity index (χ4v) is 2.13. The van der Waals surface area contributed by atoms with E-state index in [1.807, 2.05) is 12.2 Å². The van der Waals surface area contributed by atoms with Gasteiger partial charge in [0.2, 0.25) is 0 Å². The Kier molecular flexibility index (Phi) is 4.12. The van der Waals surface area contributed by atoms with Gasteiger partial charge in [-0.25, -0.2) is 0 Å². The molecule has 0 aliphatic carbocycles. The molecule has 0 heteroatoms. The summed E-state index contributed by atoms with van der Waals surface area (Å²) in [4.78, 5) is 0. The predicted octanol–water partition coefficient (Wildman–Crippen LogP) is 5.22. The van der Waals surface area contributed by atoms with Crippen molar-refractivity contribution in [2.45, 2.75) is 39.5 Å². The summed E-state index contributed by atoms with van der Waals surface area (Å²) in [6.07, 6.45) is 3.91. The first kappa shape index (κ1) is 12.8. The summed E-state index contributed by atoms with van der Waals surface area (Å²) in [5.41, 5.74) is 5.20. The molecule has 0 N–H and O–H groups in total. The van der Waals surface area contributed by atoms with Gasteiger partial charge < -0.3 is 0 Å². The summed E-state index contributed by atoms with van der Waals surface area (Å²) in [5, 5.41) is 0. The molecule has 0 unspecified atom stereocenters. The summed E-state index contributed by atoms with van der Waals surface area (Å²) in [7, 11) is 0. The summed E-state index contributed by atoms with van der Waals surface area (Å²) in [5.74, 6) is 1.04. The Morgan fingerprint density at radius 1 is 0.812 bits per heavy atom. The smallest absolute Gasteiger partial charge is 0.0153 e. The van der Waals surface area contributed by atoms with Crippen molar-refractivity contribution in [1.29, 1.82) is 0 Å². The van der Waals surface area contributed by atoms with Gasteiger partial charge in [-0.3, -0.25) is 0 Å². The molecule has 0 nitrogen and oxygen atoms in total. The zero-order valence-electron chi connectivity index (χ0n) is 10.9. The first-order valence-electron chi connectivity index (χ1n) is 5.94. The first-order valence-corrected chi connectivity index (χ1v) is 5.94. The summed E-state index contributed by atoms with van der Waals surface area (Å²) >= 11 is 0. The normalized spacial score (nSPS) is 10.9. The highest BCUT2D eigenvalue weighted by atomic mass is 14.2. The zero-order chi connectivity index (χ0) is 12.3. The van der Waals surface area contributed by atoms with Crippen LogP contribution in [0.5, 0.6) is 0 Å². The topological polar surface area (TPSA) is 0 Å². The molecule has 0 atom stereocenters. The number of rotatable bonds is 4. The molecule has 0 bridgehead atoms. The molecular weight excluding hydrogens is 192 g/mol. The van der Waals surface area contributed by atoms with E-state index in [1.165, 1.54) is 22.3 Å². The minimum atomic E-state index is 0.521. The standard InChI is InChI=1S/C16H22/c1-7-13-14(8-2)16(12(5)6)10-9-15(13)11(3)4/h7-12H,1-2H2,3-6H3. The highest BCUT2D eigenvalue weighted by molar-refractivity contribution is 5.70. The minimum Gasteiger partial charge on any atom is -0.0984 e. The third-order valence-electron chi connectivity index (χ3n) is 3.01. The van der Waals surface area contributed by atoms with Crippen LogP contribution in [0.1, 0.15) is 61.8 Å². The first-order chi connectivity index (χ1) is 7.52. The van der Waals surface area contributed by atoms with Gasteiger partial charge in [-0.1, -0.05) is 65.1 Å². The lowest BCUT2D eigenvalue weighted by atomic mass is 9.86. The molecule has 86 valence electrons. The molecule has 0 aromatic heterocycles. The van der Waals surface area contributed by atoms with Crippen LogP contribution in [0.3, 0.4) is 0 Å². The van der Waals surface area contributed by atoms with E-state index in [2.05, 4.69) is 53.0 Å². The van der Waals surface area contributed by atoms with Crippen LogP contribution in [-0.2, 0) is 0 Å². The minimum absolute atomic E-state index is 0.521. The van der Waals surface area contributed by atoms with Crippen LogP contribution in [0, 0.1) is 0 Å². The molecule has 0 saturated carbocycles. The van der Waals surface area contributed by atoms with E-state index in [4.69, 9.17) is 0 Å². The van der Waals surface area contributed by atoms with Crippen LogP contribution in [-0.4, -0.2) is 0 Å². The highest BCUT2D eigenvalue weighted by Gasteiger charge is 2.12. The average Bonchev–Trinajstić information content (AvgIpc) is 2.26. The van der Waals surface area contributed by atoms with Gasteiger partial charge in [-0.15, -0.1) is 0 Å². The van der Waals surface area contributed by atoms with Gasteiger partial charge in [0.05, 0.1) is 0 Å². The van der Waals surface area contributed by atoms with Crippen LogP contribution in [0.4, 0.5) is 0 Å². The van der Waals surface area contributed by atoms with E-state index < -0.39 is 0 Å². The van der Waals surface area contributed by atoms with Crippen molar-refractivity contribution in [1.82, 2.24) is 0 Å². The molecule has 0 fully saturated rings. The molecular formula is C16H22. The molecule has 0 radical (unpaired) electrons. The Labute approximate surface area is 99.7 Å². The maximum absolute atomic E-state index is 3.94. The van der Waals surface area contributed by atoms with Gasteiger partial charge in [-0.05, 0) is 34.1 Å². The molecule has 0 amide bonds. The predicted molar refractivity (Wildman–Crippen MR) is 74.8 cm³/mol. The van der Waals surface area contributed by atoms with Crippen LogP contribution in [0.25, 0.3) is 12.2 Å². The largest absolute Gasteiger partial charge is 0.0984 e. The Morgan fingerprint density at radius 3 is 1.31 bits per heavy atom.